The van der Waals surface area contributed by atoms with E-state index in [2.05, 4.69) is 41.7 Å². The number of carboxylic acid groups (broad SMARTS) is 1. The van der Waals surface area contributed by atoms with Gasteiger partial charge in [-0.2, -0.15) is 0 Å². The molecule has 0 radical (unpaired) electrons. The normalized spacial score (nSPS) is 14.2. The van der Waals surface area contributed by atoms with Crippen LogP contribution in [-0.4, -0.2) is 45.7 Å². The Morgan fingerprint density at radius 2 is 1.34 bits per heavy atom. The summed E-state index contributed by atoms with van der Waals surface area (Å²) < 4.78 is 28.5. The highest BCUT2D eigenvalue weighted by Crippen LogP contribution is 2.29. The molecule has 1 fully saturated rings. The summed E-state index contributed by atoms with van der Waals surface area (Å²) in [6.45, 7) is 10.6. The quantitative estimate of drug-likeness (QED) is 0.515. The van der Waals surface area contributed by atoms with E-state index in [-0.39, 0.29) is 16.1 Å². The zero-order chi connectivity index (χ0) is 25.3. The minimum Gasteiger partial charge on any atom is -0.478 e. The number of aryl methyl sites for hydroxylation is 4. The molecule has 1 aliphatic heterocycles. The first-order valence-corrected chi connectivity index (χ1v) is 13.1. The fourth-order valence-corrected chi connectivity index (χ4v) is 5.88. The zero-order valence-corrected chi connectivity index (χ0v) is 21.3. The Morgan fingerprint density at radius 3 is 1.97 bits per heavy atom. The topological polar surface area (TPSA) is 90.0 Å². The van der Waals surface area contributed by atoms with E-state index in [1.54, 1.807) is 31.2 Å². The van der Waals surface area contributed by atoms with Crippen LogP contribution >= 0.6 is 0 Å². The number of piperazine rings is 1. The Bertz CT molecular complexity index is 1380. The molecule has 0 saturated carbocycles. The van der Waals surface area contributed by atoms with E-state index >= 15 is 0 Å². The molecule has 0 aromatic heterocycles. The van der Waals surface area contributed by atoms with Crippen LogP contribution in [0.25, 0.3) is 0 Å². The third-order valence-electron chi connectivity index (χ3n) is 6.44. The van der Waals surface area contributed by atoms with E-state index in [1.807, 2.05) is 17.9 Å². The molecule has 1 aliphatic rings. The van der Waals surface area contributed by atoms with Crippen LogP contribution < -0.4 is 14.5 Å². The molecule has 0 aliphatic carbocycles. The summed E-state index contributed by atoms with van der Waals surface area (Å²) in [5.41, 5.74) is 5.98. The molecule has 4 rings (SSSR count). The predicted octanol–water partition coefficient (Wildman–Crippen LogP) is 4.75. The van der Waals surface area contributed by atoms with Crippen molar-refractivity contribution in [3.63, 3.8) is 0 Å². The summed E-state index contributed by atoms with van der Waals surface area (Å²) in [5, 5.41) is 9.90. The lowest BCUT2D eigenvalue weighted by Crippen LogP contribution is -2.47. The van der Waals surface area contributed by atoms with Crippen molar-refractivity contribution in [3.8, 4) is 0 Å². The molecular weight excluding hydrogens is 462 g/mol. The third kappa shape index (κ3) is 5.27. The van der Waals surface area contributed by atoms with Crippen molar-refractivity contribution in [3.05, 3.63) is 82.4 Å². The number of nitrogens with one attached hydrogen (secondary N) is 1. The first-order chi connectivity index (χ1) is 16.5. The fraction of sp³-hybridized carbons (Fsp3) is 0.296. The first-order valence-electron chi connectivity index (χ1n) is 11.6. The monoisotopic (exact) mass is 493 g/mol. The second-order valence-corrected chi connectivity index (χ2v) is 10.8. The molecule has 1 saturated heterocycles. The van der Waals surface area contributed by atoms with Crippen LogP contribution in [0.15, 0.2) is 59.5 Å². The van der Waals surface area contributed by atoms with Gasteiger partial charge in [0.2, 0.25) is 0 Å². The lowest BCUT2D eigenvalue weighted by molar-refractivity contribution is 0.0697. The summed E-state index contributed by atoms with van der Waals surface area (Å²) in [6.07, 6.45) is 0. The Kier molecular flexibility index (Phi) is 6.76. The number of aromatic carboxylic acids is 1. The van der Waals surface area contributed by atoms with Gasteiger partial charge in [-0.05, 0) is 80.3 Å². The Labute approximate surface area is 207 Å². The molecule has 1 heterocycles. The minimum absolute atomic E-state index is 0.0753. The summed E-state index contributed by atoms with van der Waals surface area (Å²) in [5.74, 6) is -1.09. The van der Waals surface area contributed by atoms with Gasteiger partial charge in [0.15, 0.2) is 0 Å². The molecule has 35 heavy (non-hydrogen) atoms. The third-order valence-corrected chi connectivity index (χ3v) is 7.96. The molecule has 3 aromatic rings. The molecule has 8 heteroatoms. The van der Waals surface area contributed by atoms with Crippen molar-refractivity contribution in [2.45, 2.75) is 32.6 Å². The SMILES string of the molecule is Cc1ccc(C)c(N2CCN(c3ccc(NS(=O)(=O)c4cc(C)ccc4C)cc3C(=O)O)CC2)c1. The second kappa shape index (κ2) is 9.62. The smallest absolute Gasteiger partial charge is 0.337 e. The summed E-state index contributed by atoms with van der Waals surface area (Å²) in [7, 11) is -3.86. The Hall–Kier alpha value is -3.52. The fourth-order valence-electron chi connectivity index (χ4n) is 4.50. The van der Waals surface area contributed by atoms with Gasteiger partial charge in [-0.15, -0.1) is 0 Å². The maximum Gasteiger partial charge on any atom is 0.337 e. The highest BCUT2D eigenvalue weighted by atomic mass is 32.2. The maximum atomic E-state index is 13.0. The van der Waals surface area contributed by atoms with Gasteiger partial charge >= 0.3 is 5.97 Å². The molecule has 0 spiro atoms. The number of anilines is 3. The van der Waals surface area contributed by atoms with Crippen molar-refractivity contribution >= 4 is 33.1 Å². The largest absolute Gasteiger partial charge is 0.478 e. The number of sulfonamides is 1. The Morgan fingerprint density at radius 1 is 0.771 bits per heavy atom. The van der Waals surface area contributed by atoms with E-state index in [0.717, 1.165) is 18.7 Å². The van der Waals surface area contributed by atoms with Crippen LogP contribution in [0.2, 0.25) is 0 Å². The summed E-state index contributed by atoms with van der Waals surface area (Å²) >= 11 is 0. The molecule has 0 unspecified atom stereocenters. The van der Waals surface area contributed by atoms with E-state index in [1.165, 1.54) is 22.9 Å². The standard InChI is InChI=1S/C27H31N3O4S/c1-18-5-7-20(3)25(15-18)30-13-11-29(12-14-30)24-10-9-22(17-23(24)27(31)32)28-35(33,34)26-16-19(2)6-8-21(26)4/h5-10,15-17,28H,11-14H2,1-4H3,(H,31,32). The van der Waals surface area contributed by atoms with Crippen molar-refractivity contribution in [1.82, 2.24) is 0 Å². The maximum absolute atomic E-state index is 13.0. The highest BCUT2D eigenvalue weighted by molar-refractivity contribution is 7.92. The predicted molar refractivity (Wildman–Crippen MR) is 140 cm³/mol. The lowest BCUT2D eigenvalue weighted by atomic mass is 10.1. The van der Waals surface area contributed by atoms with Gasteiger partial charge in [-0.25, -0.2) is 13.2 Å². The molecule has 0 amide bonds. The van der Waals surface area contributed by atoms with E-state index in [0.29, 0.717) is 24.3 Å². The number of rotatable bonds is 6. The molecule has 184 valence electrons. The Balaban J connectivity index is 1.55. The van der Waals surface area contributed by atoms with Crippen molar-refractivity contribution in [2.24, 2.45) is 0 Å². The molecule has 7 nitrogen and oxygen atoms in total. The molecule has 3 aromatic carbocycles. The highest BCUT2D eigenvalue weighted by Gasteiger charge is 2.24. The second-order valence-electron chi connectivity index (χ2n) is 9.18. The van der Waals surface area contributed by atoms with Crippen LogP contribution in [0.3, 0.4) is 0 Å². The summed E-state index contributed by atoms with van der Waals surface area (Å²) in [6, 6.07) is 16.3. The van der Waals surface area contributed by atoms with E-state index < -0.39 is 16.0 Å². The van der Waals surface area contributed by atoms with E-state index in [9.17, 15) is 18.3 Å². The van der Waals surface area contributed by atoms with Crippen LogP contribution in [0, 0.1) is 27.7 Å². The molecular formula is C27H31N3O4S. The van der Waals surface area contributed by atoms with Crippen LogP contribution in [-0.2, 0) is 10.0 Å². The van der Waals surface area contributed by atoms with Gasteiger partial charge in [0.25, 0.3) is 10.0 Å². The molecule has 0 bridgehead atoms. The number of hydrogen-bond acceptors (Lipinski definition) is 5. The number of carboxylic acids is 1. The van der Waals surface area contributed by atoms with Gasteiger partial charge in [0.05, 0.1) is 16.1 Å². The van der Waals surface area contributed by atoms with Gasteiger partial charge in [0, 0.05) is 37.6 Å². The van der Waals surface area contributed by atoms with Crippen LogP contribution in [0.1, 0.15) is 32.6 Å². The first kappa shape index (κ1) is 24.6. The van der Waals surface area contributed by atoms with Crippen molar-refractivity contribution in [1.29, 1.82) is 0 Å². The van der Waals surface area contributed by atoms with Gasteiger partial charge in [0.1, 0.15) is 0 Å². The molecule has 2 N–H and O–H groups in total. The number of nitrogens with zero attached hydrogens (tertiary/aromatic N) is 2. The minimum atomic E-state index is -3.86. The number of benzene rings is 3. The summed E-state index contributed by atoms with van der Waals surface area (Å²) in [4.78, 5) is 16.7. The van der Waals surface area contributed by atoms with Crippen LogP contribution in [0.4, 0.5) is 17.1 Å². The van der Waals surface area contributed by atoms with Crippen molar-refractivity contribution < 1.29 is 18.3 Å². The van der Waals surface area contributed by atoms with Crippen molar-refractivity contribution in [2.75, 3.05) is 40.7 Å². The number of carbonyl (C=O) groups is 1. The average molecular weight is 494 g/mol. The lowest BCUT2D eigenvalue weighted by Gasteiger charge is -2.38. The van der Waals surface area contributed by atoms with Gasteiger partial charge in [-0.1, -0.05) is 24.3 Å². The molecule has 0 atom stereocenters. The van der Waals surface area contributed by atoms with Gasteiger partial charge in [-0.3, -0.25) is 4.72 Å². The van der Waals surface area contributed by atoms with Gasteiger partial charge < -0.3 is 14.9 Å². The zero-order valence-electron chi connectivity index (χ0n) is 20.5. The van der Waals surface area contributed by atoms with E-state index in [4.69, 9.17) is 0 Å². The average Bonchev–Trinajstić information content (AvgIpc) is 2.82. The van der Waals surface area contributed by atoms with Crippen LogP contribution in [0.5, 0.6) is 0 Å². The number of hydrogen-bond donors (Lipinski definition) is 2.